The van der Waals surface area contributed by atoms with E-state index >= 15 is 0 Å². The maximum atomic E-state index is 12.7. The maximum absolute atomic E-state index is 12.7. The van der Waals surface area contributed by atoms with Crippen molar-refractivity contribution < 1.29 is 48.7 Å². The summed E-state index contributed by atoms with van der Waals surface area (Å²) >= 11 is 0. The molecule has 2 aromatic carbocycles. The third-order valence-corrected chi connectivity index (χ3v) is 10.6. The maximum Gasteiger partial charge on any atom is 0.407 e. The van der Waals surface area contributed by atoms with Crippen molar-refractivity contribution in [3.05, 3.63) is 114 Å². The fraction of sp³-hybridized carbons (Fsp3) is 0.587. The van der Waals surface area contributed by atoms with Crippen LogP contribution in [0.1, 0.15) is 76.4 Å². The average molecular weight is 938 g/mol. The molecule has 2 aliphatic heterocycles. The Morgan fingerprint density at radius 3 is 1.90 bits per heavy atom. The van der Waals surface area contributed by atoms with Gasteiger partial charge in [0, 0.05) is 49.3 Å². The van der Waals surface area contributed by atoms with Crippen LogP contribution in [-0.2, 0) is 43.0 Å². The van der Waals surface area contributed by atoms with E-state index < -0.39 is 77.3 Å². The second-order valence-electron chi connectivity index (χ2n) is 18.5. The number of carbonyl (C=O) groups excluding carboxylic acids is 3. The van der Waals surface area contributed by atoms with Crippen molar-refractivity contribution in [3.8, 4) is 0 Å². The van der Waals surface area contributed by atoms with Gasteiger partial charge in [0.15, 0.2) is 0 Å². The van der Waals surface area contributed by atoms with Gasteiger partial charge in [-0.1, -0.05) is 59.7 Å². The van der Waals surface area contributed by atoms with Crippen LogP contribution in [0, 0.1) is 6.92 Å². The monoisotopic (exact) mass is 937 g/mol. The van der Waals surface area contributed by atoms with E-state index in [2.05, 4.69) is 31.0 Å². The third kappa shape index (κ3) is 18.4. The smallest absolute Gasteiger partial charge is 0.407 e. The number of aryl methyl sites for hydroxylation is 1. The largest absolute Gasteiger partial charge is 0.444 e. The molecule has 21 nitrogen and oxygen atoms in total. The molecule has 368 valence electrons. The Morgan fingerprint density at radius 2 is 1.39 bits per heavy atom. The molecule has 3 amide bonds. The quantitative estimate of drug-likeness (QED) is 0.0583. The topological polar surface area (TPSA) is 292 Å². The molecule has 67 heavy (non-hydrogen) atoms. The lowest BCUT2D eigenvalue weighted by Crippen LogP contribution is -2.53. The van der Waals surface area contributed by atoms with Crippen molar-refractivity contribution in [1.29, 1.82) is 0 Å². The molecule has 2 saturated heterocycles. The van der Waals surface area contributed by atoms with E-state index in [4.69, 9.17) is 29.6 Å². The van der Waals surface area contributed by atoms with Gasteiger partial charge in [0.2, 0.25) is 5.91 Å². The van der Waals surface area contributed by atoms with Crippen LogP contribution >= 0.6 is 0 Å². The zero-order valence-corrected chi connectivity index (χ0v) is 39.3. The molecular weight excluding hydrogens is 871 g/mol. The van der Waals surface area contributed by atoms with E-state index in [1.54, 1.807) is 53.4 Å². The lowest BCUT2D eigenvalue weighted by Gasteiger charge is -2.29. The number of azide groups is 1. The van der Waals surface area contributed by atoms with E-state index in [9.17, 15) is 34.2 Å². The first-order valence-electron chi connectivity index (χ1n) is 22.3. The van der Waals surface area contributed by atoms with Crippen LogP contribution in [0.4, 0.5) is 9.59 Å². The molecule has 7 N–H and O–H groups in total. The Balaban J connectivity index is 0.000000427. The van der Waals surface area contributed by atoms with Crippen LogP contribution in [0.5, 0.6) is 0 Å². The zero-order valence-electron chi connectivity index (χ0n) is 39.3. The first-order valence-corrected chi connectivity index (χ1v) is 22.3. The summed E-state index contributed by atoms with van der Waals surface area (Å²) < 4.78 is 22.9. The summed E-state index contributed by atoms with van der Waals surface area (Å²) in [6, 6.07) is 15.1. The van der Waals surface area contributed by atoms with Crippen molar-refractivity contribution in [2.24, 2.45) is 5.11 Å². The number of benzene rings is 2. The normalized spacial score (nSPS) is 19.1. The van der Waals surface area contributed by atoms with Crippen LogP contribution < -0.4 is 27.2 Å². The third-order valence-electron chi connectivity index (χ3n) is 10.6. The molecule has 7 atom stereocenters. The molecule has 3 heterocycles. The van der Waals surface area contributed by atoms with Gasteiger partial charge in [0.05, 0.1) is 62.7 Å². The minimum Gasteiger partial charge on any atom is -0.444 e. The predicted molar refractivity (Wildman–Crippen MR) is 247 cm³/mol. The summed E-state index contributed by atoms with van der Waals surface area (Å²) in [5.74, 6) is 0.0477. The van der Waals surface area contributed by atoms with Crippen LogP contribution in [-0.4, -0.2) is 142 Å². The molecule has 2 aliphatic rings. The second kappa shape index (κ2) is 25.4. The molecule has 0 aliphatic carbocycles. The number of amides is 3. The highest BCUT2D eigenvalue weighted by Crippen LogP contribution is 2.29. The number of aromatic amines is 1. The lowest BCUT2D eigenvalue weighted by atomic mass is 9.99. The number of nitrogens with one attached hydrogen (secondary N) is 4. The highest BCUT2D eigenvalue weighted by atomic mass is 16.6. The minimum absolute atomic E-state index is 0.0359. The van der Waals surface area contributed by atoms with E-state index in [1.165, 1.54) is 10.8 Å². The van der Waals surface area contributed by atoms with Crippen LogP contribution in [0.15, 0.2) is 75.5 Å². The first kappa shape index (κ1) is 53.8. The number of carbonyl (C=O) groups is 3. The van der Waals surface area contributed by atoms with Crippen molar-refractivity contribution >= 4 is 18.1 Å². The van der Waals surface area contributed by atoms with Crippen LogP contribution in [0.25, 0.3) is 10.4 Å². The average Bonchev–Trinajstić information content (AvgIpc) is 3.67. The van der Waals surface area contributed by atoms with E-state index in [-0.39, 0.29) is 38.4 Å². The molecule has 0 spiro atoms. The molecule has 0 bridgehead atoms. The van der Waals surface area contributed by atoms with Gasteiger partial charge in [-0.3, -0.25) is 19.1 Å². The zero-order chi connectivity index (χ0) is 49.3. The Labute approximate surface area is 389 Å². The fourth-order valence-corrected chi connectivity index (χ4v) is 7.20. The van der Waals surface area contributed by atoms with Crippen molar-refractivity contribution in [1.82, 2.24) is 30.4 Å². The number of hydrogen-bond acceptors (Lipinski definition) is 14. The van der Waals surface area contributed by atoms with E-state index in [1.807, 2.05) is 54.6 Å². The number of ether oxygens (including phenoxy) is 4. The second-order valence-corrected chi connectivity index (χ2v) is 18.5. The van der Waals surface area contributed by atoms with Crippen molar-refractivity contribution in [2.75, 3.05) is 46.0 Å². The number of morpholine rings is 1. The van der Waals surface area contributed by atoms with Gasteiger partial charge in [0.25, 0.3) is 5.56 Å². The van der Waals surface area contributed by atoms with Crippen LogP contribution in [0.2, 0.25) is 0 Å². The number of aromatic nitrogens is 2. The molecule has 3 aromatic rings. The summed E-state index contributed by atoms with van der Waals surface area (Å²) in [6.45, 7) is 14.2. The molecule has 5 rings (SSSR count). The standard InChI is InChI=1S/C36H54N4O8.C10H13N5O4/c1-35(2,3)47-33(44)38-28(20-25-10-8-7-9-11-25)30(41)23-37-24-31(42)29(39-34(45)48-36(4,5)6)21-26-12-14-27(15-13-26)22-32(43)40-16-18-46-19-17-40;1-5-3-15(10(18)12-9(5)17)8-2-6(13-14-11)7(4-16)19-8/h7-15,28-31,37,41-42H,16-24H2,1-6H3,(H,38,44)(H,39,45);3,6-8,16H,2,4H2,1H3,(H,12,17,18)/t28-,29-,30+,31+;6-,7+,8+/m00/s1. The fourth-order valence-electron chi connectivity index (χ4n) is 7.20. The lowest BCUT2D eigenvalue weighted by molar-refractivity contribution is -0.134. The Bertz CT molecular complexity index is 2210. The summed E-state index contributed by atoms with van der Waals surface area (Å²) in [5, 5.41) is 43.7. The van der Waals surface area contributed by atoms with Gasteiger partial charge < -0.3 is 55.1 Å². The van der Waals surface area contributed by atoms with Crippen molar-refractivity contribution in [2.45, 2.75) is 128 Å². The van der Waals surface area contributed by atoms with Gasteiger partial charge in [-0.25, -0.2) is 14.4 Å². The predicted octanol–water partition coefficient (Wildman–Crippen LogP) is 2.77. The minimum atomic E-state index is -1.06. The number of hydrogen-bond donors (Lipinski definition) is 7. The first-order chi connectivity index (χ1) is 31.6. The Kier molecular flexibility index (Phi) is 20.4. The number of nitrogens with zero attached hydrogens (tertiary/aromatic N) is 5. The molecule has 21 heteroatoms. The molecule has 0 radical (unpaired) electrons. The number of rotatable bonds is 17. The molecule has 0 saturated carbocycles. The van der Waals surface area contributed by atoms with E-state index in [0.29, 0.717) is 44.7 Å². The van der Waals surface area contributed by atoms with Crippen LogP contribution in [0.3, 0.4) is 0 Å². The van der Waals surface area contributed by atoms with Gasteiger partial charge in [0.1, 0.15) is 17.4 Å². The van der Waals surface area contributed by atoms with E-state index in [0.717, 1.165) is 16.7 Å². The number of alkyl carbamates (subject to hydrolysis) is 2. The summed E-state index contributed by atoms with van der Waals surface area (Å²) in [7, 11) is 0. The molecule has 0 unspecified atom stereocenters. The molecule has 2 fully saturated rings. The van der Waals surface area contributed by atoms with Gasteiger partial charge >= 0.3 is 17.9 Å². The van der Waals surface area contributed by atoms with Crippen molar-refractivity contribution in [3.63, 3.8) is 0 Å². The highest BCUT2D eigenvalue weighted by Gasteiger charge is 2.36. The number of H-pyrrole nitrogens is 1. The molecular formula is C46H67N9O12. The van der Waals surface area contributed by atoms with Gasteiger partial charge in [-0.15, -0.1) is 0 Å². The summed E-state index contributed by atoms with van der Waals surface area (Å²) in [4.78, 5) is 67.6. The Hall–Kier alpha value is -5.80. The van der Waals surface area contributed by atoms with Gasteiger partial charge in [-0.05, 0) is 83.5 Å². The highest BCUT2D eigenvalue weighted by molar-refractivity contribution is 5.78. The number of aliphatic hydroxyl groups excluding tert-OH is 3. The SMILES string of the molecule is CC(C)(C)OC(=O)N[C@@H](Cc1ccccc1)[C@H](O)CNC[C@@H](O)[C@H](Cc1ccc(CC(=O)N2CCOCC2)cc1)NC(=O)OC(C)(C)C.Cc1cn([C@H]2C[C@H](N=[N+]=[N-])[C@@H](CO)O2)c(=O)[nH]c1=O. The Morgan fingerprint density at radius 1 is 0.866 bits per heavy atom. The summed E-state index contributed by atoms with van der Waals surface area (Å²) in [5.41, 5.74) is 8.97. The summed E-state index contributed by atoms with van der Waals surface area (Å²) in [6.07, 6.45) is -2.11. The number of aliphatic hydroxyl groups is 3. The van der Waals surface area contributed by atoms with Gasteiger partial charge in [-0.2, -0.15) is 0 Å². The molecule has 1 aromatic heterocycles.